The van der Waals surface area contributed by atoms with Crippen LogP contribution in [0.3, 0.4) is 0 Å². The van der Waals surface area contributed by atoms with E-state index in [-0.39, 0.29) is 15.7 Å². The first-order valence-corrected chi connectivity index (χ1v) is 12.3. The SMILES string of the molecule is COc1cc(/C=C2\SC(=O)N(c3ccc(Cl)c(Cl)c3)C2=O)ccc1OC(=O)c1ccccc1I. The first-order valence-electron chi connectivity index (χ1n) is 9.66. The van der Waals surface area contributed by atoms with Crippen LogP contribution in [0.1, 0.15) is 15.9 Å². The molecule has 0 saturated carbocycles. The fourth-order valence-corrected chi connectivity index (χ4v) is 4.85. The van der Waals surface area contributed by atoms with E-state index in [0.29, 0.717) is 27.6 Å². The molecule has 1 aliphatic rings. The van der Waals surface area contributed by atoms with Crippen molar-refractivity contribution in [3.05, 3.63) is 90.3 Å². The van der Waals surface area contributed by atoms with Gasteiger partial charge in [-0.2, -0.15) is 0 Å². The Morgan fingerprint density at radius 1 is 1.00 bits per heavy atom. The number of rotatable bonds is 5. The molecule has 1 saturated heterocycles. The summed E-state index contributed by atoms with van der Waals surface area (Å²) in [5.74, 6) is -0.467. The average Bonchev–Trinajstić information content (AvgIpc) is 3.09. The molecule has 0 bridgehead atoms. The van der Waals surface area contributed by atoms with Crippen LogP contribution in [-0.4, -0.2) is 24.2 Å². The van der Waals surface area contributed by atoms with E-state index in [1.54, 1.807) is 42.5 Å². The molecule has 2 amide bonds. The predicted molar refractivity (Wildman–Crippen MR) is 142 cm³/mol. The number of amides is 2. The minimum atomic E-state index is -0.515. The van der Waals surface area contributed by atoms with Gasteiger partial charge in [-0.15, -0.1) is 0 Å². The van der Waals surface area contributed by atoms with E-state index in [2.05, 4.69) is 22.6 Å². The molecule has 0 atom stereocenters. The third kappa shape index (κ3) is 5.10. The third-order valence-corrected chi connectivity index (χ3v) is 7.29. The van der Waals surface area contributed by atoms with Gasteiger partial charge in [0.25, 0.3) is 11.1 Å². The van der Waals surface area contributed by atoms with Crippen LogP contribution in [-0.2, 0) is 4.79 Å². The average molecular weight is 626 g/mol. The smallest absolute Gasteiger partial charge is 0.344 e. The lowest BCUT2D eigenvalue weighted by Crippen LogP contribution is -2.27. The van der Waals surface area contributed by atoms with Gasteiger partial charge in [0.2, 0.25) is 0 Å². The number of hydrogen-bond donors (Lipinski definition) is 0. The largest absolute Gasteiger partial charge is 0.493 e. The highest BCUT2D eigenvalue weighted by molar-refractivity contribution is 14.1. The molecule has 0 radical (unpaired) electrons. The fraction of sp³-hybridized carbons (Fsp3) is 0.0417. The van der Waals surface area contributed by atoms with Gasteiger partial charge in [0.1, 0.15) is 0 Å². The number of benzene rings is 3. The van der Waals surface area contributed by atoms with Gasteiger partial charge in [0, 0.05) is 3.57 Å². The number of methoxy groups -OCH3 is 1. The number of nitrogens with zero attached hydrogens (tertiary/aromatic N) is 1. The Balaban J connectivity index is 1.58. The van der Waals surface area contributed by atoms with Crippen molar-refractivity contribution < 1.29 is 23.9 Å². The molecule has 172 valence electrons. The monoisotopic (exact) mass is 625 g/mol. The van der Waals surface area contributed by atoms with Crippen LogP contribution in [0, 0.1) is 3.57 Å². The highest BCUT2D eigenvalue weighted by Gasteiger charge is 2.36. The number of anilines is 1. The highest BCUT2D eigenvalue weighted by Crippen LogP contribution is 2.38. The second-order valence-electron chi connectivity index (χ2n) is 6.90. The van der Waals surface area contributed by atoms with E-state index < -0.39 is 17.1 Å². The third-order valence-electron chi connectivity index (χ3n) is 4.74. The van der Waals surface area contributed by atoms with Crippen molar-refractivity contribution in [1.29, 1.82) is 0 Å². The van der Waals surface area contributed by atoms with E-state index in [1.165, 1.54) is 19.2 Å². The molecule has 34 heavy (non-hydrogen) atoms. The zero-order valence-electron chi connectivity index (χ0n) is 17.4. The number of ether oxygens (including phenoxy) is 2. The molecule has 0 unspecified atom stereocenters. The van der Waals surface area contributed by atoms with Gasteiger partial charge in [-0.3, -0.25) is 9.59 Å². The first-order chi connectivity index (χ1) is 16.3. The van der Waals surface area contributed by atoms with E-state index >= 15 is 0 Å². The molecule has 3 aromatic rings. The minimum absolute atomic E-state index is 0.224. The number of imide groups is 1. The van der Waals surface area contributed by atoms with Crippen molar-refractivity contribution in [2.75, 3.05) is 12.0 Å². The second-order valence-corrected chi connectivity index (χ2v) is 9.86. The molecule has 1 aliphatic heterocycles. The van der Waals surface area contributed by atoms with E-state index in [0.717, 1.165) is 20.2 Å². The van der Waals surface area contributed by atoms with Gasteiger partial charge in [0.15, 0.2) is 11.5 Å². The lowest BCUT2D eigenvalue weighted by atomic mass is 10.1. The number of carbonyl (C=O) groups excluding carboxylic acids is 3. The lowest BCUT2D eigenvalue weighted by molar-refractivity contribution is -0.113. The Labute approximate surface area is 223 Å². The summed E-state index contributed by atoms with van der Waals surface area (Å²) in [6.45, 7) is 0. The highest BCUT2D eigenvalue weighted by atomic mass is 127. The number of halogens is 3. The number of esters is 1. The van der Waals surface area contributed by atoms with Crippen LogP contribution in [0.15, 0.2) is 65.6 Å². The molecule has 10 heteroatoms. The molecule has 1 heterocycles. The van der Waals surface area contributed by atoms with Crippen LogP contribution in [0.25, 0.3) is 6.08 Å². The van der Waals surface area contributed by atoms with Crippen LogP contribution < -0.4 is 14.4 Å². The maximum Gasteiger partial charge on any atom is 0.344 e. The summed E-state index contributed by atoms with van der Waals surface area (Å²) in [4.78, 5) is 39.2. The van der Waals surface area contributed by atoms with E-state index in [4.69, 9.17) is 32.7 Å². The zero-order chi connectivity index (χ0) is 24.4. The van der Waals surface area contributed by atoms with Crippen LogP contribution in [0.4, 0.5) is 10.5 Å². The summed E-state index contributed by atoms with van der Waals surface area (Å²) >= 11 is 14.8. The normalized spacial score (nSPS) is 14.6. The van der Waals surface area contributed by atoms with E-state index in [9.17, 15) is 14.4 Å². The Morgan fingerprint density at radius 2 is 1.76 bits per heavy atom. The Kier molecular flexibility index (Phi) is 7.51. The predicted octanol–water partition coefficient (Wildman–Crippen LogP) is 7.07. The molecular formula is C24H14Cl2INO5S. The fourth-order valence-electron chi connectivity index (χ4n) is 3.11. The van der Waals surface area contributed by atoms with E-state index in [1.807, 2.05) is 12.1 Å². The molecule has 4 rings (SSSR count). The molecule has 0 aromatic heterocycles. The van der Waals surface area contributed by atoms with Gasteiger partial charge in [-0.1, -0.05) is 41.4 Å². The van der Waals surface area contributed by atoms with Crippen molar-refractivity contribution in [2.45, 2.75) is 0 Å². The molecule has 0 aliphatic carbocycles. The van der Waals surface area contributed by atoms with Crippen molar-refractivity contribution in [3.8, 4) is 11.5 Å². The molecular weight excluding hydrogens is 612 g/mol. The van der Waals surface area contributed by atoms with Crippen LogP contribution >= 0.6 is 57.6 Å². The quantitative estimate of drug-likeness (QED) is 0.131. The second kappa shape index (κ2) is 10.4. The summed E-state index contributed by atoms with van der Waals surface area (Å²) in [5, 5.41) is 0.106. The van der Waals surface area contributed by atoms with Crippen molar-refractivity contribution in [1.82, 2.24) is 0 Å². The van der Waals surface area contributed by atoms with Gasteiger partial charge >= 0.3 is 5.97 Å². The van der Waals surface area contributed by atoms with Crippen molar-refractivity contribution >= 4 is 86.4 Å². The van der Waals surface area contributed by atoms with Crippen molar-refractivity contribution in [3.63, 3.8) is 0 Å². The lowest BCUT2D eigenvalue weighted by Gasteiger charge is -2.13. The topological polar surface area (TPSA) is 72.9 Å². The molecule has 3 aromatic carbocycles. The summed E-state index contributed by atoms with van der Waals surface area (Å²) in [6.07, 6.45) is 1.57. The zero-order valence-corrected chi connectivity index (χ0v) is 21.9. The maximum absolute atomic E-state index is 12.9. The molecule has 0 spiro atoms. The van der Waals surface area contributed by atoms with Crippen LogP contribution in [0.2, 0.25) is 10.0 Å². The van der Waals surface area contributed by atoms with Gasteiger partial charge in [0.05, 0.1) is 33.3 Å². The number of thioether (sulfide) groups is 1. The van der Waals surface area contributed by atoms with Crippen LogP contribution in [0.5, 0.6) is 11.5 Å². The Hall–Kier alpha value is -2.53. The molecule has 6 nitrogen and oxygen atoms in total. The van der Waals surface area contributed by atoms with Gasteiger partial charge in [-0.05, 0) is 88.5 Å². The summed E-state index contributed by atoms with van der Waals surface area (Å²) < 4.78 is 11.7. The minimum Gasteiger partial charge on any atom is -0.493 e. The molecule has 1 fully saturated rings. The molecule has 0 N–H and O–H groups in total. The number of carbonyl (C=O) groups is 3. The van der Waals surface area contributed by atoms with Crippen molar-refractivity contribution in [2.24, 2.45) is 0 Å². The summed E-state index contributed by atoms with van der Waals surface area (Å²) in [5.41, 5.74) is 1.35. The maximum atomic E-state index is 12.9. The Morgan fingerprint density at radius 3 is 2.47 bits per heavy atom. The number of hydrogen-bond acceptors (Lipinski definition) is 6. The first kappa shape index (κ1) is 24.6. The standard InChI is InChI=1S/C24H14Cl2INO5S/c1-32-20-10-13(6-9-19(20)33-23(30)15-4-2-3-5-18(15)27)11-21-22(29)28(24(31)34-21)14-7-8-16(25)17(26)12-14/h2-12H,1H3/b21-11-. The van der Waals surface area contributed by atoms with Gasteiger partial charge < -0.3 is 9.47 Å². The van der Waals surface area contributed by atoms with Gasteiger partial charge in [-0.25, -0.2) is 9.69 Å². The summed E-state index contributed by atoms with van der Waals surface area (Å²) in [6, 6.07) is 16.4. The summed E-state index contributed by atoms with van der Waals surface area (Å²) in [7, 11) is 1.45. The Bertz CT molecular complexity index is 1360.